The summed E-state index contributed by atoms with van der Waals surface area (Å²) >= 11 is 6.80. The van der Waals surface area contributed by atoms with Gasteiger partial charge in [0.2, 0.25) is 0 Å². The fourth-order valence-electron chi connectivity index (χ4n) is 1.35. The molecule has 1 rings (SSSR count). The first-order valence-electron chi connectivity index (χ1n) is 4.79. The van der Waals surface area contributed by atoms with Gasteiger partial charge >= 0.3 is 0 Å². The highest BCUT2D eigenvalue weighted by Gasteiger charge is 2.02. The van der Waals surface area contributed by atoms with Gasteiger partial charge in [0.15, 0.2) is 0 Å². The van der Waals surface area contributed by atoms with E-state index < -0.39 is 0 Å². The molecule has 0 N–H and O–H groups in total. The van der Waals surface area contributed by atoms with E-state index in [1.165, 1.54) is 11.6 Å². The maximum atomic E-state index is 13.0. The number of hydrogen-bond donors (Lipinski definition) is 0. The molecule has 0 saturated carbocycles. The van der Waals surface area contributed by atoms with Crippen LogP contribution in [-0.4, -0.2) is 5.33 Å². The first-order valence-corrected chi connectivity index (χ1v) is 6.70. The van der Waals surface area contributed by atoms with Crippen LogP contribution in [0.25, 0.3) is 0 Å². The quantitative estimate of drug-likeness (QED) is 0.544. The van der Waals surface area contributed by atoms with Gasteiger partial charge in [0, 0.05) is 9.80 Å². The third kappa shape index (κ3) is 4.47. The highest BCUT2D eigenvalue weighted by atomic mass is 79.9. The lowest BCUT2D eigenvalue weighted by atomic mass is 10.1. The minimum atomic E-state index is -0.179. The summed E-state index contributed by atoms with van der Waals surface area (Å²) in [6, 6.07) is 4.79. The number of benzene rings is 1. The average Bonchev–Trinajstić information content (AvgIpc) is 2.20. The van der Waals surface area contributed by atoms with Crippen LogP contribution in [0.1, 0.15) is 18.9 Å². The molecule has 3 heteroatoms. The van der Waals surface area contributed by atoms with E-state index in [9.17, 15) is 4.39 Å². The third-order valence-electron chi connectivity index (χ3n) is 2.08. The Kier molecular flexibility index (Phi) is 5.54. The Balaban J connectivity index is 2.75. The molecule has 0 bridgehead atoms. The Bertz CT molecular complexity index is 359. The molecule has 0 amide bonds. The maximum absolute atomic E-state index is 13.0. The largest absolute Gasteiger partial charge is 0.207 e. The molecule has 0 aliphatic rings. The van der Waals surface area contributed by atoms with E-state index in [-0.39, 0.29) is 5.82 Å². The summed E-state index contributed by atoms with van der Waals surface area (Å²) in [5.41, 5.74) is 2.26. The van der Waals surface area contributed by atoms with Crippen LogP contribution >= 0.6 is 31.9 Å². The van der Waals surface area contributed by atoms with Gasteiger partial charge in [0.25, 0.3) is 0 Å². The van der Waals surface area contributed by atoms with Crippen molar-refractivity contribution in [2.24, 2.45) is 0 Å². The third-order valence-corrected chi connectivity index (χ3v) is 3.31. The van der Waals surface area contributed by atoms with E-state index in [0.717, 1.165) is 28.2 Å². The molecule has 0 fully saturated rings. The molecule has 0 aliphatic carbocycles. The van der Waals surface area contributed by atoms with Gasteiger partial charge in [-0.05, 0) is 43.5 Å². The van der Waals surface area contributed by atoms with Gasteiger partial charge in [-0.15, -0.1) is 0 Å². The second-order valence-corrected chi connectivity index (χ2v) is 5.09. The molecule has 0 unspecified atom stereocenters. The summed E-state index contributed by atoms with van der Waals surface area (Å²) in [5, 5.41) is 0.967. The fraction of sp³-hybridized carbons (Fsp3) is 0.333. The highest BCUT2D eigenvalue weighted by Crippen LogP contribution is 2.20. The fourth-order valence-corrected chi connectivity index (χ4v) is 1.97. The Morgan fingerprint density at radius 1 is 1.47 bits per heavy atom. The van der Waals surface area contributed by atoms with Crippen molar-refractivity contribution in [3.8, 4) is 0 Å². The van der Waals surface area contributed by atoms with Gasteiger partial charge < -0.3 is 0 Å². The molecule has 0 spiro atoms. The molecule has 0 radical (unpaired) electrons. The Morgan fingerprint density at radius 2 is 2.20 bits per heavy atom. The van der Waals surface area contributed by atoms with E-state index in [0.29, 0.717) is 0 Å². The van der Waals surface area contributed by atoms with Crippen molar-refractivity contribution in [2.45, 2.75) is 19.8 Å². The van der Waals surface area contributed by atoms with E-state index >= 15 is 0 Å². The maximum Gasteiger partial charge on any atom is 0.123 e. The van der Waals surface area contributed by atoms with Gasteiger partial charge in [-0.3, -0.25) is 0 Å². The molecular weight excluding hydrogens is 323 g/mol. The van der Waals surface area contributed by atoms with Gasteiger partial charge in [-0.1, -0.05) is 43.5 Å². The van der Waals surface area contributed by atoms with E-state index in [1.807, 2.05) is 0 Å². The summed E-state index contributed by atoms with van der Waals surface area (Å²) < 4.78 is 14.0. The zero-order valence-electron chi connectivity index (χ0n) is 8.56. The van der Waals surface area contributed by atoms with Crippen molar-refractivity contribution in [3.05, 3.63) is 45.7 Å². The molecule has 0 aromatic heterocycles. The lowest BCUT2D eigenvalue weighted by Crippen LogP contribution is -1.90. The number of halogens is 3. The van der Waals surface area contributed by atoms with Crippen LogP contribution in [0.3, 0.4) is 0 Å². The second kappa shape index (κ2) is 6.44. The van der Waals surface area contributed by atoms with E-state index in [4.69, 9.17) is 0 Å². The average molecular weight is 336 g/mol. The van der Waals surface area contributed by atoms with Crippen molar-refractivity contribution >= 4 is 31.9 Å². The van der Waals surface area contributed by atoms with Crippen LogP contribution in [0.15, 0.2) is 34.3 Å². The van der Waals surface area contributed by atoms with Crippen molar-refractivity contribution < 1.29 is 4.39 Å². The summed E-state index contributed by atoms with van der Waals surface area (Å²) in [4.78, 5) is 0. The predicted molar refractivity (Wildman–Crippen MR) is 70.0 cm³/mol. The van der Waals surface area contributed by atoms with Crippen molar-refractivity contribution in [2.75, 3.05) is 5.33 Å². The van der Waals surface area contributed by atoms with Gasteiger partial charge in [0.1, 0.15) is 5.82 Å². The molecule has 15 heavy (non-hydrogen) atoms. The monoisotopic (exact) mass is 334 g/mol. The van der Waals surface area contributed by atoms with E-state index in [2.05, 4.69) is 44.9 Å². The normalized spacial score (nSPS) is 11.9. The lowest BCUT2D eigenvalue weighted by Gasteiger charge is -2.05. The van der Waals surface area contributed by atoms with Crippen LogP contribution in [-0.2, 0) is 6.42 Å². The van der Waals surface area contributed by atoms with Gasteiger partial charge in [-0.25, -0.2) is 4.39 Å². The molecular formula is C12H13Br2F. The standard InChI is InChI=1S/C12H13Br2F/c1-9(3-2-6-13)7-10-8-11(15)4-5-12(10)14/h3-5,8H,2,6-7H2,1H3. The van der Waals surface area contributed by atoms with Crippen molar-refractivity contribution in [1.82, 2.24) is 0 Å². The molecule has 0 saturated heterocycles. The lowest BCUT2D eigenvalue weighted by molar-refractivity contribution is 0.625. The second-order valence-electron chi connectivity index (χ2n) is 3.44. The molecule has 82 valence electrons. The van der Waals surface area contributed by atoms with Crippen molar-refractivity contribution in [3.63, 3.8) is 0 Å². The molecule has 0 atom stereocenters. The minimum absolute atomic E-state index is 0.179. The molecule has 0 nitrogen and oxygen atoms in total. The Labute approximate surface area is 107 Å². The SMILES string of the molecule is CC(=CCCBr)Cc1cc(F)ccc1Br. The summed E-state index contributed by atoms with van der Waals surface area (Å²) in [5.74, 6) is -0.179. The van der Waals surface area contributed by atoms with Crippen LogP contribution < -0.4 is 0 Å². The zero-order chi connectivity index (χ0) is 11.3. The first-order chi connectivity index (χ1) is 7.13. The predicted octanol–water partition coefficient (Wildman–Crippen LogP) is 4.86. The van der Waals surface area contributed by atoms with Gasteiger partial charge in [-0.2, -0.15) is 0 Å². The van der Waals surface area contributed by atoms with Gasteiger partial charge in [0.05, 0.1) is 0 Å². The molecule has 0 aliphatic heterocycles. The summed E-state index contributed by atoms with van der Waals surface area (Å²) in [6.45, 7) is 2.07. The minimum Gasteiger partial charge on any atom is -0.207 e. The number of hydrogen-bond acceptors (Lipinski definition) is 0. The molecule has 0 heterocycles. The summed E-state index contributed by atoms with van der Waals surface area (Å²) in [6.07, 6.45) is 3.98. The van der Waals surface area contributed by atoms with E-state index in [1.54, 1.807) is 12.1 Å². The molecule has 1 aromatic carbocycles. The number of allylic oxidation sites excluding steroid dienone is 2. The van der Waals surface area contributed by atoms with Crippen LogP contribution in [0.5, 0.6) is 0 Å². The Morgan fingerprint density at radius 3 is 2.87 bits per heavy atom. The first kappa shape index (κ1) is 12.9. The summed E-state index contributed by atoms with van der Waals surface area (Å²) in [7, 11) is 0. The molecule has 1 aromatic rings. The zero-order valence-corrected chi connectivity index (χ0v) is 11.7. The smallest absolute Gasteiger partial charge is 0.123 e. The van der Waals surface area contributed by atoms with Crippen LogP contribution in [0.2, 0.25) is 0 Å². The Hall–Kier alpha value is -0.150. The number of alkyl halides is 1. The highest BCUT2D eigenvalue weighted by molar-refractivity contribution is 9.10. The van der Waals surface area contributed by atoms with Crippen LogP contribution in [0.4, 0.5) is 4.39 Å². The van der Waals surface area contributed by atoms with Crippen molar-refractivity contribution in [1.29, 1.82) is 0 Å². The number of rotatable bonds is 4. The topological polar surface area (TPSA) is 0 Å². The van der Waals surface area contributed by atoms with Crippen LogP contribution in [0, 0.1) is 5.82 Å².